The highest BCUT2D eigenvalue weighted by Crippen LogP contribution is 2.31. The molecule has 2 amide bonds. The molecule has 1 aliphatic heterocycles. The van der Waals surface area contributed by atoms with Crippen molar-refractivity contribution in [2.45, 2.75) is 31.3 Å². The summed E-state index contributed by atoms with van der Waals surface area (Å²) in [5.41, 5.74) is 2.46. The van der Waals surface area contributed by atoms with Crippen LogP contribution >= 0.6 is 0 Å². The van der Waals surface area contributed by atoms with Gasteiger partial charge in [-0.25, -0.2) is 13.2 Å². The molecule has 1 N–H and O–H groups in total. The van der Waals surface area contributed by atoms with E-state index in [-0.39, 0.29) is 29.6 Å². The maximum Gasteiger partial charge on any atom is 0.317 e. The summed E-state index contributed by atoms with van der Waals surface area (Å²) in [6, 6.07) is 7.79. The van der Waals surface area contributed by atoms with Gasteiger partial charge in [-0.3, -0.25) is 0 Å². The first-order chi connectivity index (χ1) is 9.96. The van der Waals surface area contributed by atoms with Crippen LogP contribution in [0.2, 0.25) is 0 Å². The molecule has 0 saturated carbocycles. The first-order valence-corrected chi connectivity index (χ1v) is 9.10. The Labute approximate surface area is 125 Å². The lowest BCUT2D eigenvalue weighted by Crippen LogP contribution is -2.45. The lowest BCUT2D eigenvalue weighted by atomic mass is 10.1. The van der Waals surface area contributed by atoms with Crippen molar-refractivity contribution in [1.82, 2.24) is 10.2 Å². The first-order valence-electron chi connectivity index (χ1n) is 7.28. The minimum Gasteiger partial charge on any atom is -0.331 e. The van der Waals surface area contributed by atoms with E-state index in [4.69, 9.17) is 0 Å². The topological polar surface area (TPSA) is 66.5 Å². The van der Waals surface area contributed by atoms with Crippen LogP contribution in [0, 0.1) is 0 Å². The number of carbonyl (C=O) groups excluding carboxylic acids is 1. The zero-order valence-electron chi connectivity index (χ0n) is 12.1. The van der Waals surface area contributed by atoms with E-state index in [1.807, 2.05) is 18.2 Å². The fourth-order valence-electron chi connectivity index (χ4n) is 3.20. The third-order valence-corrected chi connectivity index (χ3v) is 6.26. The van der Waals surface area contributed by atoms with E-state index in [2.05, 4.69) is 11.4 Å². The van der Waals surface area contributed by atoms with Gasteiger partial charge in [0.15, 0.2) is 9.84 Å². The molecule has 5 nitrogen and oxygen atoms in total. The maximum absolute atomic E-state index is 12.3. The quantitative estimate of drug-likeness (QED) is 0.900. The van der Waals surface area contributed by atoms with Crippen LogP contribution in [0.1, 0.15) is 30.0 Å². The van der Waals surface area contributed by atoms with Gasteiger partial charge in [0.05, 0.1) is 17.5 Å². The van der Waals surface area contributed by atoms with Gasteiger partial charge in [-0.1, -0.05) is 24.3 Å². The minimum atomic E-state index is -2.97. The molecular weight excluding hydrogens is 288 g/mol. The van der Waals surface area contributed by atoms with Gasteiger partial charge >= 0.3 is 6.03 Å². The highest BCUT2D eigenvalue weighted by atomic mass is 32.2. The maximum atomic E-state index is 12.3. The zero-order valence-corrected chi connectivity index (χ0v) is 12.9. The fraction of sp³-hybridized carbons (Fsp3) is 0.533. The molecule has 0 unspecified atom stereocenters. The molecule has 1 fully saturated rings. The Balaban J connectivity index is 1.65. The van der Waals surface area contributed by atoms with Gasteiger partial charge in [0.2, 0.25) is 0 Å². The number of aryl methyl sites for hydroxylation is 1. The normalized spacial score (nSPS) is 26.3. The SMILES string of the molecule is CN(C(=O)N[C@@H]1CCc2ccccc21)[C@@H]1CCS(=O)(=O)C1. The van der Waals surface area contributed by atoms with Crippen LogP contribution in [0.25, 0.3) is 0 Å². The van der Waals surface area contributed by atoms with Crippen molar-refractivity contribution in [3.63, 3.8) is 0 Å². The molecule has 0 bridgehead atoms. The standard InChI is InChI=1S/C15H20N2O3S/c1-17(12-8-9-21(19,20)10-12)15(18)16-14-7-6-11-4-2-3-5-13(11)14/h2-5,12,14H,6-10H2,1H3,(H,16,18)/t12-,14-/m1/s1. The van der Waals surface area contributed by atoms with Crippen molar-refractivity contribution in [1.29, 1.82) is 0 Å². The second-order valence-electron chi connectivity index (χ2n) is 5.91. The third-order valence-electron chi connectivity index (χ3n) is 4.51. The van der Waals surface area contributed by atoms with Gasteiger partial charge in [-0.15, -0.1) is 0 Å². The van der Waals surface area contributed by atoms with E-state index in [1.54, 1.807) is 11.9 Å². The number of carbonyl (C=O) groups is 1. The second-order valence-corrected chi connectivity index (χ2v) is 8.14. The molecule has 0 aromatic heterocycles. The number of nitrogens with one attached hydrogen (secondary N) is 1. The number of fused-ring (bicyclic) bond motifs is 1. The summed E-state index contributed by atoms with van der Waals surface area (Å²) in [5, 5.41) is 3.03. The highest BCUT2D eigenvalue weighted by molar-refractivity contribution is 7.91. The molecule has 1 heterocycles. The number of benzene rings is 1. The molecule has 1 saturated heterocycles. The molecule has 2 aliphatic rings. The van der Waals surface area contributed by atoms with Crippen molar-refractivity contribution in [3.05, 3.63) is 35.4 Å². The number of urea groups is 1. The molecule has 0 radical (unpaired) electrons. The van der Waals surface area contributed by atoms with Crippen LogP contribution in [0.4, 0.5) is 4.79 Å². The van der Waals surface area contributed by atoms with Gasteiger partial charge in [-0.05, 0) is 30.4 Å². The monoisotopic (exact) mass is 308 g/mol. The number of sulfone groups is 1. The number of hydrogen-bond acceptors (Lipinski definition) is 3. The van der Waals surface area contributed by atoms with Crippen LogP contribution in [0.3, 0.4) is 0 Å². The molecule has 3 rings (SSSR count). The summed E-state index contributed by atoms with van der Waals surface area (Å²) in [6.45, 7) is 0. The van der Waals surface area contributed by atoms with Crippen LogP contribution in [-0.2, 0) is 16.3 Å². The summed E-state index contributed by atoms with van der Waals surface area (Å²) in [4.78, 5) is 13.9. The van der Waals surface area contributed by atoms with Gasteiger partial charge in [0, 0.05) is 13.1 Å². The van der Waals surface area contributed by atoms with Gasteiger partial charge in [-0.2, -0.15) is 0 Å². The van der Waals surface area contributed by atoms with E-state index in [1.165, 1.54) is 11.1 Å². The van der Waals surface area contributed by atoms with E-state index in [9.17, 15) is 13.2 Å². The summed E-state index contributed by atoms with van der Waals surface area (Å²) in [6.07, 6.45) is 2.41. The molecule has 1 aromatic carbocycles. The number of amides is 2. The van der Waals surface area contributed by atoms with Gasteiger partial charge in [0.1, 0.15) is 0 Å². The summed E-state index contributed by atoms with van der Waals surface area (Å²) < 4.78 is 23.0. The Morgan fingerprint density at radius 1 is 1.29 bits per heavy atom. The van der Waals surface area contributed by atoms with Crippen molar-refractivity contribution in [3.8, 4) is 0 Å². The summed E-state index contributed by atoms with van der Waals surface area (Å²) in [7, 11) is -1.29. The van der Waals surface area contributed by atoms with Crippen molar-refractivity contribution < 1.29 is 13.2 Å². The largest absolute Gasteiger partial charge is 0.331 e. The summed E-state index contributed by atoms with van der Waals surface area (Å²) >= 11 is 0. The van der Waals surface area contributed by atoms with Crippen LogP contribution in [0.5, 0.6) is 0 Å². The fourth-order valence-corrected chi connectivity index (χ4v) is 4.98. The van der Waals surface area contributed by atoms with E-state index in [0.717, 1.165) is 12.8 Å². The van der Waals surface area contributed by atoms with Crippen molar-refractivity contribution >= 4 is 15.9 Å². The van der Waals surface area contributed by atoms with Crippen molar-refractivity contribution in [2.24, 2.45) is 0 Å². The molecule has 2 atom stereocenters. The Bertz CT molecular complexity index is 657. The Kier molecular flexibility index (Phi) is 3.65. The number of hydrogen-bond donors (Lipinski definition) is 1. The Morgan fingerprint density at radius 3 is 2.76 bits per heavy atom. The lowest BCUT2D eigenvalue weighted by Gasteiger charge is -2.26. The molecular formula is C15H20N2O3S. The van der Waals surface area contributed by atoms with Crippen LogP contribution in [0.15, 0.2) is 24.3 Å². The minimum absolute atomic E-state index is 0.0363. The van der Waals surface area contributed by atoms with Crippen LogP contribution in [-0.4, -0.2) is 43.9 Å². The molecule has 6 heteroatoms. The summed E-state index contributed by atoms with van der Waals surface area (Å²) in [5.74, 6) is 0.264. The highest BCUT2D eigenvalue weighted by Gasteiger charge is 2.34. The van der Waals surface area contributed by atoms with E-state index < -0.39 is 9.84 Å². The smallest absolute Gasteiger partial charge is 0.317 e. The van der Waals surface area contributed by atoms with Crippen LogP contribution < -0.4 is 5.32 Å². The zero-order chi connectivity index (χ0) is 15.0. The molecule has 0 spiro atoms. The predicted molar refractivity (Wildman–Crippen MR) is 80.9 cm³/mol. The van der Waals surface area contributed by atoms with E-state index >= 15 is 0 Å². The second kappa shape index (κ2) is 5.33. The number of rotatable bonds is 2. The lowest BCUT2D eigenvalue weighted by molar-refractivity contribution is 0.191. The molecule has 1 aromatic rings. The van der Waals surface area contributed by atoms with E-state index in [0.29, 0.717) is 6.42 Å². The predicted octanol–water partition coefficient (Wildman–Crippen LogP) is 1.50. The average molecular weight is 308 g/mol. The molecule has 1 aliphatic carbocycles. The number of nitrogens with zero attached hydrogens (tertiary/aromatic N) is 1. The third kappa shape index (κ3) is 2.90. The van der Waals surface area contributed by atoms with Gasteiger partial charge in [0.25, 0.3) is 0 Å². The Hall–Kier alpha value is -1.56. The average Bonchev–Trinajstić information content (AvgIpc) is 3.02. The van der Waals surface area contributed by atoms with Crippen molar-refractivity contribution in [2.75, 3.05) is 18.6 Å². The Morgan fingerprint density at radius 2 is 2.05 bits per heavy atom. The molecule has 21 heavy (non-hydrogen) atoms. The van der Waals surface area contributed by atoms with Gasteiger partial charge < -0.3 is 10.2 Å². The first kappa shape index (κ1) is 14.4. The molecule has 114 valence electrons.